The first-order valence-electron chi connectivity index (χ1n) is 7.66. The summed E-state index contributed by atoms with van der Waals surface area (Å²) in [5.41, 5.74) is 1.22. The van der Waals surface area contributed by atoms with Crippen LogP contribution in [0.15, 0.2) is 60.0 Å². The molecule has 23 heavy (non-hydrogen) atoms. The molecule has 0 unspecified atom stereocenters. The second kappa shape index (κ2) is 7.40. The van der Waals surface area contributed by atoms with Gasteiger partial charge in [0.15, 0.2) is 0 Å². The minimum absolute atomic E-state index is 0.0571. The maximum atomic E-state index is 12.0. The molecule has 1 heterocycles. The minimum atomic E-state index is 0.0571. The monoisotopic (exact) mass is 324 g/mol. The normalized spacial score (nSPS) is 11.0. The summed E-state index contributed by atoms with van der Waals surface area (Å²) in [4.78, 5) is 15.2. The summed E-state index contributed by atoms with van der Waals surface area (Å²) in [6.45, 7) is 1.77. The van der Waals surface area contributed by atoms with E-state index in [2.05, 4.69) is 35.6 Å². The Bertz CT molecular complexity index is 783. The maximum Gasteiger partial charge on any atom is 0.234 e. The van der Waals surface area contributed by atoms with E-state index >= 15 is 0 Å². The van der Waals surface area contributed by atoms with Gasteiger partial charge in [0.2, 0.25) is 5.91 Å². The molecule has 0 aliphatic rings. The molecular weight excluding hydrogens is 304 g/mol. The Morgan fingerprint density at radius 2 is 1.91 bits per heavy atom. The third-order valence-electron chi connectivity index (χ3n) is 3.72. The molecule has 1 amide bonds. The molecule has 0 aliphatic carbocycles. The highest BCUT2D eigenvalue weighted by molar-refractivity contribution is 7.09. The number of benzene rings is 2. The van der Waals surface area contributed by atoms with Crippen molar-refractivity contribution < 1.29 is 4.79 Å². The van der Waals surface area contributed by atoms with E-state index in [4.69, 9.17) is 0 Å². The Balaban J connectivity index is 1.53. The van der Waals surface area contributed by atoms with Gasteiger partial charge in [-0.05, 0) is 40.9 Å². The van der Waals surface area contributed by atoms with Gasteiger partial charge in [-0.1, -0.05) is 42.5 Å². The predicted molar refractivity (Wildman–Crippen MR) is 96.4 cm³/mol. The number of hydrogen-bond acceptors (Lipinski definition) is 3. The first-order valence-corrected chi connectivity index (χ1v) is 8.54. The van der Waals surface area contributed by atoms with Crippen LogP contribution >= 0.6 is 11.3 Å². The third-order valence-corrected chi connectivity index (χ3v) is 4.60. The van der Waals surface area contributed by atoms with Crippen molar-refractivity contribution >= 4 is 28.0 Å². The van der Waals surface area contributed by atoms with Gasteiger partial charge in [0.1, 0.15) is 0 Å². The molecular formula is C19H20N2OS. The van der Waals surface area contributed by atoms with Crippen molar-refractivity contribution in [2.45, 2.75) is 13.1 Å². The van der Waals surface area contributed by atoms with Crippen LogP contribution < -0.4 is 5.32 Å². The first-order chi connectivity index (χ1) is 11.2. The molecule has 0 saturated carbocycles. The van der Waals surface area contributed by atoms with Crippen LogP contribution in [0.2, 0.25) is 0 Å². The second-order valence-corrected chi connectivity index (χ2v) is 6.74. The molecule has 1 N–H and O–H groups in total. The summed E-state index contributed by atoms with van der Waals surface area (Å²) < 4.78 is 0. The van der Waals surface area contributed by atoms with E-state index in [9.17, 15) is 4.79 Å². The molecule has 1 aromatic heterocycles. The summed E-state index contributed by atoms with van der Waals surface area (Å²) >= 11 is 1.66. The lowest BCUT2D eigenvalue weighted by Crippen LogP contribution is -2.34. The number of fused-ring (bicyclic) bond motifs is 1. The summed E-state index contributed by atoms with van der Waals surface area (Å²) in [5.74, 6) is 0.0571. The molecule has 0 aliphatic heterocycles. The lowest BCUT2D eigenvalue weighted by atomic mass is 10.1. The Hall–Kier alpha value is -2.17. The molecule has 3 nitrogen and oxygen atoms in total. The lowest BCUT2D eigenvalue weighted by molar-refractivity contribution is -0.122. The number of thiophene rings is 1. The van der Waals surface area contributed by atoms with Crippen LogP contribution in [0.3, 0.4) is 0 Å². The highest BCUT2D eigenvalue weighted by atomic mass is 32.1. The standard InChI is InChI=1S/C19H20N2OS/c1-21(14-19(22)20-12-18-7-4-10-23-18)13-15-8-9-16-5-2-3-6-17(16)11-15/h2-11H,12-14H2,1H3,(H,20,22). The van der Waals surface area contributed by atoms with Crippen LogP contribution in [0.1, 0.15) is 10.4 Å². The van der Waals surface area contributed by atoms with Gasteiger partial charge in [-0.2, -0.15) is 0 Å². The summed E-state index contributed by atoms with van der Waals surface area (Å²) in [5, 5.41) is 7.46. The fourth-order valence-corrected chi connectivity index (χ4v) is 3.25. The van der Waals surface area contributed by atoms with Crippen molar-refractivity contribution in [3.63, 3.8) is 0 Å². The topological polar surface area (TPSA) is 32.3 Å². The summed E-state index contributed by atoms with van der Waals surface area (Å²) in [7, 11) is 1.97. The molecule has 0 saturated heterocycles. The van der Waals surface area contributed by atoms with Crippen molar-refractivity contribution in [1.82, 2.24) is 10.2 Å². The number of carbonyl (C=O) groups is 1. The van der Waals surface area contributed by atoms with E-state index in [0.717, 1.165) is 6.54 Å². The molecule has 0 bridgehead atoms. The quantitative estimate of drug-likeness (QED) is 0.750. The predicted octanol–water partition coefficient (Wildman–Crippen LogP) is 3.65. The molecule has 118 valence electrons. The van der Waals surface area contributed by atoms with Gasteiger partial charge >= 0.3 is 0 Å². The van der Waals surface area contributed by atoms with E-state index in [0.29, 0.717) is 13.1 Å². The zero-order chi connectivity index (χ0) is 16.1. The van der Waals surface area contributed by atoms with Gasteiger partial charge in [-0.15, -0.1) is 11.3 Å². The number of likely N-dealkylation sites (N-methyl/N-ethyl adjacent to an activating group) is 1. The number of rotatable bonds is 6. The van der Waals surface area contributed by atoms with Crippen molar-refractivity contribution in [1.29, 1.82) is 0 Å². The lowest BCUT2D eigenvalue weighted by Gasteiger charge is -2.16. The van der Waals surface area contributed by atoms with E-state index in [-0.39, 0.29) is 5.91 Å². The highest BCUT2D eigenvalue weighted by Gasteiger charge is 2.07. The Morgan fingerprint density at radius 1 is 1.09 bits per heavy atom. The molecule has 4 heteroatoms. The van der Waals surface area contributed by atoms with Crippen LogP contribution in [0.25, 0.3) is 10.8 Å². The number of amides is 1. The Labute approximate surface area is 140 Å². The zero-order valence-electron chi connectivity index (χ0n) is 13.2. The Kier molecular flexibility index (Phi) is 5.05. The number of carbonyl (C=O) groups excluding carboxylic acids is 1. The van der Waals surface area contributed by atoms with E-state index in [1.54, 1.807) is 11.3 Å². The van der Waals surface area contributed by atoms with Gasteiger partial charge in [0, 0.05) is 11.4 Å². The van der Waals surface area contributed by atoms with Crippen molar-refractivity contribution in [3.8, 4) is 0 Å². The fourth-order valence-electron chi connectivity index (χ4n) is 2.60. The van der Waals surface area contributed by atoms with Crippen molar-refractivity contribution in [3.05, 3.63) is 70.4 Å². The first kappa shape index (κ1) is 15.7. The molecule has 3 rings (SSSR count). The second-order valence-electron chi connectivity index (χ2n) is 5.71. The van der Waals surface area contributed by atoms with Gasteiger partial charge < -0.3 is 5.32 Å². The number of nitrogens with zero attached hydrogens (tertiary/aromatic N) is 1. The molecule has 0 atom stereocenters. The summed E-state index contributed by atoms with van der Waals surface area (Å²) in [6.07, 6.45) is 0. The van der Waals surface area contributed by atoms with Gasteiger partial charge in [0.05, 0.1) is 13.1 Å². The largest absolute Gasteiger partial charge is 0.350 e. The highest BCUT2D eigenvalue weighted by Crippen LogP contribution is 2.16. The fraction of sp³-hybridized carbons (Fsp3) is 0.211. The molecule has 0 fully saturated rings. The zero-order valence-corrected chi connectivity index (χ0v) is 14.0. The average molecular weight is 324 g/mol. The van der Waals surface area contributed by atoms with Gasteiger partial charge in [0.25, 0.3) is 0 Å². The van der Waals surface area contributed by atoms with Crippen molar-refractivity contribution in [2.75, 3.05) is 13.6 Å². The van der Waals surface area contributed by atoms with Crippen LogP contribution in [0.5, 0.6) is 0 Å². The van der Waals surface area contributed by atoms with Gasteiger partial charge in [-0.25, -0.2) is 0 Å². The smallest absolute Gasteiger partial charge is 0.234 e. The minimum Gasteiger partial charge on any atom is -0.350 e. The number of hydrogen-bond donors (Lipinski definition) is 1. The van der Waals surface area contributed by atoms with Crippen LogP contribution in [-0.4, -0.2) is 24.4 Å². The maximum absolute atomic E-state index is 12.0. The van der Waals surface area contributed by atoms with E-state index in [1.165, 1.54) is 21.2 Å². The average Bonchev–Trinajstić information content (AvgIpc) is 3.06. The van der Waals surface area contributed by atoms with Crippen LogP contribution in [-0.2, 0) is 17.9 Å². The summed E-state index contributed by atoms with van der Waals surface area (Å²) in [6, 6.07) is 18.8. The molecule has 0 spiro atoms. The van der Waals surface area contributed by atoms with Gasteiger partial charge in [-0.3, -0.25) is 9.69 Å². The van der Waals surface area contributed by atoms with E-state index in [1.807, 2.05) is 41.6 Å². The molecule has 2 aromatic carbocycles. The van der Waals surface area contributed by atoms with Crippen LogP contribution in [0.4, 0.5) is 0 Å². The van der Waals surface area contributed by atoms with Crippen molar-refractivity contribution in [2.24, 2.45) is 0 Å². The van der Waals surface area contributed by atoms with E-state index < -0.39 is 0 Å². The Morgan fingerprint density at radius 3 is 2.70 bits per heavy atom. The third kappa shape index (κ3) is 4.41. The molecule has 3 aromatic rings. The molecule has 0 radical (unpaired) electrons. The number of nitrogens with one attached hydrogen (secondary N) is 1. The SMILES string of the molecule is CN(CC(=O)NCc1cccs1)Cc1ccc2ccccc2c1. The van der Waals surface area contributed by atoms with Crippen LogP contribution in [0, 0.1) is 0 Å².